The van der Waals surface area contributed by atoms with E-state index in [9.17, 15) is 0 Å². The lowest BCUT2D eigenvalue weighted by Crippen LogP contribution is -2.08. The average Bonchev–Trinajstić information content (AvgIpc) is 2.34. The first-order valence-electron chi connectivity index (χ1n) is 8.10. The first-order valence-corrected chi connectivity index (χ1v) is 8.10. The SMILES string of the molecule is CCCCCCCCCCCCCCCC(=N)N.Cl. The van der Waals surface area contributed by atoms with Crippen LogP contribution in [0.1, 0.15) is 96.8 Å². The van der Waals surface area contributed by atoms with Crippen molar-refractivity contribution in [2.24, 2.45) is 5.73 Å². The lowest BCUT2D eigenvalue weighted by molar-refractivity contribution is 0.541. The van der Waals surface area contributed by atoms with E-state index >= 15 is 0 Å². The van der Waals surface area contributed by atoms with Gasteiger partial charge in [-0.15, -0.1) is 12.4 Å². The van der Waals surface area contributed by atoms with Gasteiger partial charge in [0, 0.05) is 6.42 Å². The summed E-state index contributed by atoms with van der Waals surface area (Å²) in [5.74, 6) is 0.345. The number of hydrogen-bond donors (Lipinski definition) is 2. The van der Waals surface area contributed by atoms with Crippen LogP contribution in [-0.4, -0.2) is 5.84 Å². The molecule has 2 nitrogen and oxygen atoms in total. The van der Waals surface area contributed by atoms with E-state index in [1.807, 2.05) is 0 Å². The van der Waals surface area contributed by atoms with Crippen molar-refractivity contribution in [3.8, 4) is 0 Å². The molecule has 3 heteroatoms. The first-order chi connectivity index (χ1) is 8.77. The molecule has 0 aromatic rings. The van der Waals surface area contributed by atoms with Gasteiger partial charge in [-0.05, 0) is 6.42 Å². The predicted molar refractivity (Wildman–Crippen MR) is 89.5 cm³/mol. The van der Waals surface area contributed by atoms with E-state index in [-0.39, 0.29) is 12.4 Å². The monoisotopic (exact) mass is 290 g/mol. The fourth-order valence-electron chi connectivity index (χ4n) is 2.33. The van der Waals surface area contributed by atoms with E-state index in [0.29, 0.717) is 5.84 Å². The van der Waals surface area contributed by atoms with Gasteiger partial charge in [-0.2, -0.15) is 0 Å². The van der Waals surface area contributed by atoms with E-state index in [1.54, 1.807) is 0 Å². The molecule has 0 unspecified atom stereocenters. The maximum Gasteiger partial charge on any atom is 0.0905 e. The Morgan fingerprint density at radius 2 is 1.00 bits per heavy atom. The Balaban J connectivity index is 0. The van der Waals surface area contributed by atoms with Gasteiger partial charge in [-0.1, -0.05) is 84.0 Å². The van der Waals surface area contributed by atoms with Gasteiger partial charge in [0.1, 0.15) is 0 Å². The highest BCUT2D eigenvalue weighted by Crippen LogP contribution is 2.12. The predicted octanol–water partition coefficient (Wildman–Crippen LogP) is 5.83. The van der Waals surface area contributed by atoms with Crippen LogP contribution in [0.25, 0.3) is 0 Å². The van der Waals surface area contributed by atoms with Gasteiger partial charge >= 0.3 is 0 Å². The van der Waals surface area contributed by atoms with Gasteiger partial charge in [0.15, 0.2) is 0 Å². The fourth-order valence-corrected chi connectivity index (χ4v) is 2.33. The van der Waals surface area contributed by atoms with Crippen molar-refractivity contribution in [1.82, 2.24) is 0 Å². The largest absolute Gasteiger partial charge is 0.388 e. The summed E-state index contributed by atoms with van der Waals surface area (Å²) < 4.78 is 0. The minimum atomic E-state index is 0. The molecule has 0 aromatic heterocycles. The molecule has 3 N–H and O–H groups in total. The Hall–Kier alpha value is -0.240. The highest BCUT2D eigenvalue weighted by molar-refractivity contribution is 5.85. The lowest BCUT2D eigenvalue weighted by atomic mass is 10.0. The fraction of sp³-hybridized carbons (Fsp3) is 0.938. The van der Waals surface area contributed by atoms with Gasteiger partial charge < -0.3 is 5.73 Å². The molecule has 116 valence electrons. The number of rotatable bonds is 14. The van der Waals surface area contributed by atoms with Crippen molar-refractivity contribution in [1.29, 1.82) is 5.41 Å². The molecule has 0 spiro atoms. The van der Waals surface area contributed by atoms with E-state index in [1.165, 1.54) is 77.0 Å². The number of nitrogens with two attached hydrogens (primary N) is 1. The molecule has 0 amide bonds. The number of amidine groups is 1. The maximum atomic E-state index is 7.13. The zero-order chi connectivity index (χ0) is 13.5. The Morgan fingerprint density at radius 3 is 1.32 bits per heavy atom. The summed E-state index contributed by atoms with van der Waals surface area (Å²) in [6, 6.07) is 0. The Labute approximate surface area is 126 Å². The smallest absolute Gasteiger partial charge is 0.0905 e. The van der Waals surface area contributed by atoms with Crippen LogP contribution in [0.4, 0.5) is 0 Å². The second kappa shape index (κ2) is 17.8. The van der Waals surface area contributed by atoms with Crippen molar-refractivity contribution >= 4 is 18.2 Å². The van der Waals surface area contributed by atoms with Crippen LogP contribution in [0.2, 0.25) is 0 Å². The molecule has 0 aliphatic rings. The third kappa shape index (κ3) is 20.2. The van der Waals surface area contributed by atoms with Crippen LogP contribution in [0, 0.1) is 5.41 Å². The summed E-state index contributed by atoms with van der Waals surface area (Å²) in [7, 11) is 0. The van der Waals surface area contributed by atoms with Crippen LogP contribution in [-0.2, 0) is 0 Å². The molecular weight excluding hydrogens is 256 g/mol. The number of hydrogen-bond acceptors (Lipinski definition) is 1. The van der Waals surface area contributed by atoms with E-state index < -0.39 is 0 Å². The zero-order valence-corrected chi connectivity index (χ0v) is 13.7. The van der Waals surface area contributed by atoms with Crippen LogP contribution in [0.3, 0.4) is 0 Å². The summed E-state index contributed by atoms with van der Waals surface area (Å²) in [5.41, 5.74) is 5.32. The van der Waals surface area contributed by atoms with Gasteiger partial charge in [-0.25, -0.2) is 0 Å². The minimum absolute atomic E-state index is 0. The lowest BCUT2D eigenvalue weighted by Gasteiger charge is -2.02. The summed E-state index contributed by atoms with van der Waals surface area (Å²) in [5, 5.41) is 7.13. The summed E-state index contributed by atoms with van der Waals surface area (Å²) >= 11 is 0. The zero-order valence-electron chi connectivity index (χ0n) is 12.9. The molecule has 19 heavy (non-hydrogen) atoms. The van der Waals surface area contributed by atoms with Crippen LogP contribution >= 0.6 is 12.4 Å². The molecule has 0 saturated heterocycles. The topological polar surface area (TPSA) is 49.9 Å². The van der Waals surface area contributed by atoms with Gasteiger partial charge in [0.25, 0.3) is 0 Å². The van der Waals surface area contributed by atoms with Gasteiger partial charge in [0.2, 0.25) is 0 Å². The quantitative estimate of drug-likeness (QED) is 0.236. The molecular formula is C16H35ClN2. The third-order valence-corrected chi connectivity index (χ3v) is 3.55. The van der Waals surface area contributed by atoms with Crippen molar-refractivity contribution < 1.29 is 0 Å². The second-order valence-corrected chi connectivity index (χ2v) is 5.52. The average molecular weight is 291 g/mol. The highest BCUT2D eigenvalue weighted by atomic mass is 35.5. The van der Waals surface area contributed by atoms with Gasteiger partial charge in [-0.3, -0.25) is 5.41 Å². The first kappa shape index (κ1) is 21.1. The van der Waals surface area contributed by atoms with Gasteiger partial charge in [0.05, 0.1) is 5.84 Å². The Kier molecular flexibility index (Phi) is 19.7. The standard InChI is InChI=1S/C16H34N2.ClH/c1-2-3-4-5-6-7-8-9-10-11-12-13-14-15-16(17)18;/h2-15H2,1H3,(H3,17,18);1H. The Bertz CT molecular complexity index is 184. The molecule has 0 bridgehead atoms. The molecule has 0 rings (SSSR count). The molecule has 0 atom stereocenters. The maximum absolute atomic E-state index is 7.13. The van der Waals surface area contributed by atoms with Crippen LogP contribution in [0.15, 0.2) is 0 Å². The van der Waals surface area contributed by atoms with Crippen molar-refractivity contribution in [3.05, 3.63) is 0 Å². The van der Waals surface area contributed by atoms with Crippen LogP contribution in [0.5, 0.6) is 0 Å². The number of unbranched alkanes of at least 4 members (excludes halogenated alkanes) is 12. The molecule has 0 heterocycles. The van der Waals surface area contributed by atoms with E-state index in [4.69, 9.17) is 11.1 Å². The summed E-state index contributed by atoms with van der Waals surface area (Å²) in [4.78, 5) is 0. The van der Waals surface area contributed by atoms with E-state index in [0.717, 1.165) is 12.8 Å². The summed E-state index contributed by atoms with van der Waals surface area (Å²) in [6.45, 7) is 2.27. The minimum Gasteiger partial charge on any atom is -0.388 e. The van der Waals surface area contributed by atoms with Crippen molar-refractivity contribution in [2.45, 2.75) is 96.8 Å². The molecule has 0 radical (unpaired) electrons. The van der Waals surface area contributed by atoms with Crippen molar-refractivity contribution in [2.75, 3.05) is 0 Å². The van der Waals surface area contributed by atoms with Crippen LogP contribution < -0.4 is 5.73 Å². The number of nitrogens with one attached hydrogen (secondary N) is 1. The summed E-state index contributed by atoms with van der Waals surface area (Å²) in [6.07, 6.45) is 18.6. The molecule has 0 aliphatic heterocycles. The number of halogens is 1. The molecule has 0 aliphatic carbocycles. The molecule has 0 fully saturated rings. The molecule has 0 saturated carbocycles. The molecule has 0 aromatic carbocycles. The normalized spacial score (nSPS) is 10.2. The highest BCUT2D eigenvalue weighted by Gasteiger charge is 1.94. The third-order valence-electron chi connectivity index (χ3n) is 3.55. The second-order valence-electron chi connectivity index (χ2n) is 5.52. The van der Waals surface area contributed by atoms with E-state index in [2.05, 4.69) is 6.92 Å². The van der Waals surface area contributed by atoms with Crippen molar-refractivity contribution in [3.63, 3.8) is 0 Å². The Morgan fingerprint density at radius 1 is 0.684 bits per heavy atom.